The number of amides is 4. The van der Waals surface area contributed by atoms with E-state index in [9.17, 15) is 14.4 Å². The van der Waals surface area contributed by atoms with Gasteiger partial charge in [-0.1, -0.05) is 13.0 Å². The number of urea groups is 1. The van der Waals surface area contributed by atoms with E-state index in [1.807, 2.05) is 29.3 Å². The third kappa shape index (κ3) is 4.66. The number of imide groups is 1. The predicted octanol–water partition coefficient (Wildman–Crippen LogP) is 1.48. The highest BCUT2D eigenvalue weighted by Gasteiger charge is 2.47. The van der Waals surface area contributed by atoms with Crippen molar-refractivity contribution in [3.05, 3.63) is 22.4 Å². The van der Waals surface area contributed by atoms with Gasteiger partial charge in [0.05, 0.1) is 12.6 Å². The highest BCUT2D eigenvalue weighted by molar-refractivity contribution is 7.09. The van der Waals surface area contributed by atoms with Crippen LogP contribution in [0.25, 0.3) is 0 Å². The van der Waals surface area contributed by atoms with Crippen molar-refractivity contribution < 1.29 is 19.1 Å². The van der Waals surface area contributed by atoms with E-state index in [-0.39, 0.29) is 12.6 Å². The molecule has 2 N–H and O–H groups in total. The first-order chi connectivity index (χ1) is 12.9. The molecule has 0 bridgehead atoms. The molecule has 0 aliphatic carbocycles. The fraction of sp³-hybridized carbons (Fsp3) is 0.611. The number of rotatable bonds is 8. The monoisotopic (exact) mass is 394 g/mol. The van der Waals surface area contributed by atoms with Gasteiger partial charge in [-0.25, -0.2) is 4.79 Å². The van der Waals surface area contributed by atoms with Gasteiger partial charge in [-0.15, -0.1) is 11.3 Å². The van der Waals surface area contributed by atoms with Crippen molar-refractivity contribution in [1.82, 2.24) is 20.7 Å². The van der Waals surface area contributed by atoms with Gasteiger partial charge in [-0.05, 0) is 37.6 Å². The number of hydrazine groups is 1. The Bertz CT molecular complexity index is 690. The van der Waals surface area contributed by atoms with Crippen LogP contribution >= 0.6 is 11.3 Å². The molecule has 0 saturated carbocycles. The number of carbonyl (C=O) groups is 3. The van der Waals surface area contributed by atoms with E-state index in [4.69, 9.17) is 4.74 Å². The molecule has 0 unspecified atom stereocenters. The van der Waals surface area contributed by atoms with E-state index < -0.39 is 23.4 Å². The van der Waals surface area contributed by atoms with E-state index >= 15 is 0 Å². The molecule has 2 aliphatic heterocycles. The molecule has 27 heavy (non-hydrogen) atoms. The first kappa shape index (κ1) is 19.8. The van der Waals surface area contributed by atoms with Gasteiger partial charge in [0.2, 0.25) is 0 Å². The second-order valence-electron chi connectivity index (χ2n) is 7.18. The summed E-state index contributed by atoms with van der Waals surface area (Å²) in [7, 11) is 0. The van der Waals surface area contributed by atoms with E-state index in [2.05, 4.69) is 10.7 Å². The molecule has 0 aromatic carbocycles. The number of hydrogen-bond donors (Lipinski definition) is 2. The third-order valence-electron chi connectivity index (χ3n) is 5.02. The van der Waals surface area contributed by atoms with Gasteiger partial charge < -0.3 is 10.1 Å². The fourth-order valence-corrected chi connectivity index (χ4v) is 4.02. The van der Waals surface area contributed by atoms with Crippen LogP contribution in [-0.4, -0.2) is 59.1 Å². The maximum Gasteiger partial charge on any atom is 0.344 e. The minimum absolute atomic E-state index is 0.0810. The van der Waals surface area contributed by atoms with Crippen molar-refractivity contribution >= 4 is 29.2 Å². The molecule has 0 radical (unpaired) electrons. The van der Waals surface area contributed by atoms with Crippen LogP contribution in [-0.2, 0) is 20.9 Å². The lowest BCUT2D eigenvalue weighted by atomic mass is 10.00. The molecule has 9 heteroatoms. The quantitative estimate of drug-likeness (QED) is 0.652. The minimum Gasteiger partial charge on any atom is -0.377 e. The van der Waals surface area contributed by atoms with Gasteiger partial charge in [-0.2, -0.15) is 5.01 Å². The van der Waals surface area contributed by atoms with Gasteiger partial charge in [0.15, 0.2) is 0 Å². The number of thiophene rings is 1. The summed E-state index contributed by atoms with van der Waals surface area (Å²) in [6.07, 6.45) is 2.57. The molecule has 2 aliphatic rings. The summed E-state index contributed by atoms with van der Waals surface area (Å²) < 4.78 is 5.69. The Kier molecular flexibility index (Phi) is 6.13. The summed E-state index contributed by atoms with van der Waals surface area (Å²) in [5.41, 5.74) is 1.48. The van der Waals surface area contributed by atoms with Crippen LogP contribution in [0.2, 0.25) is 0 Å². The van der Waals surface area contributed by atoms with E-state index in [0.29, 0.717) is 19.5 Å². The van der Waals surface area contributed by atoms with Gasteiger partial charge in [0.25, 0.3) is 11.8 Å². The molecular weight excluding hydrogens is 368 g/mol. The van der Waals surface area contributed by atoms with Gasteiger partial charge >= 0.3 is 6.03 Å². The molecule has 1 aromatic heterocycles. The number of nitrogens with zero attached hydrogens (tertiary/aromatic N) is 2. The van der Waals surface area contributed by atoms with Crippen LogP contribution in [0.15, 0.2) is 17.5 Å². The zero-order chi connectivity index (χ0) is 19.4. The van der Waals surface area contributed by atoms with Crippen LogP contribution in [0.1, 0.15) is 38.0 Å². The molecule has 3 rings (SSSR count). The van der Waals surface area contributed by atoms with Crippen molar-refractivity contribution in [3.8, 4) is 0 Å². The van der Waals surface area contributed by atoms with Crippen LogP contribution in [0.3, 0.4) is 0 Å². The third-order valence-corrected chi connectivity index (χ3v) is 5.88. The summed E-state index contributed by atoms with van der Waals surface area (Å²) in [6, 6.07) is 3.40. The summed E-state index contributed by atoms with van der Waals surface area (Å²) in [4.78, 5) is 40.2. The average molecular weight is 394 g/mol. The lowest BCUT2D eigenvalue weighted by Gasteiger charge is -2.25. The number of nitrogens with one attached hydrogen (secondary N) is 2. The zero-order valence-corrected chi connectivity index (χ0v) is 16.5. The largest absolute Gasteiger partial charge is 0.377 e. The summed E-state index contributed by atoms with van der Waals surface area (Å²) in [6.45, 7) is 5.56. The SMILES string of the molecule is CC[C@@]1(C)NC(=O)N(NC(=O)CN(Cc2cccs2)C[C@H]2CCCO2)C1=O. The first-order valence-electron chi connectivity index (χ1n) is 9.24. The Morgan fingerprint density at radius 1 is 1.52 bits per heavy atom. The molecular formula is C18H26N4O4S. The number of hydrogen-bond acceptors (Lipinski definition) is 6. The van der Waals surface area contributed by atoms with Crippen molar-refractivity contribution in [2.75, 3.05) is 19.7 Å². The Balaban J connectivity index is 1.61. The summed E-state index contributed by atoms with van der Waals surface area (Å²) in [5.74, 6) is -0.833. The Hall–Kier alpha value is -1.97. The summed E-state index contributed by atoms with van der Waals surface area (Å²) in [5, 5.41) is 5.42. The lowest BCUT2D eigenvalue weighted by molar-refractivity contribution is -0.139. The van der Waals surface area contributed by atoms with E-state index in [1.54, 1.807) is 18.3 Å². The van der Waals surface area contributed by atoms with Gasteiger partial charge in [-0.3, -0.25) is 19.9 Å². The normalized spacial score (nSPS) is 25.3. The van der Waals surface area contributed by atoms with E-state index in [0.717, 1.165) is 29.3 Å². The average Bonchev–Trinajstić information content (AvgIpc) is 3.35. The van der Waals surface area contributed by atoms with Crippen LogP contribution in [0.5, 0.6) is 0 Å². The fourth-order valence-electron chi connectivity index (χ4n) is 3.27. The topological polar surface area (TPSA) is 91.0 Å². The standard InChI is InChI=1S/C18H26N4O4S/c1-3-18(2)16(24)22(17(25)19-18)20-15(23)12-21(10-13-6-4-8-26-13)11-14-7-5-9-27-14/h5,7,9,13H,3-4,6,8,10-12H2,1-2H3,(H,19,25)(H,20,23)/t13-,18-/m1/s1. The minimum atomic E-state index is -0.974. The highest BCUT2D eigenvalue weighted by Crippen LogP contribution is 2.20. The van der Waals surface area contributed by atoms with Gasteiger partial charge in [0.1, 0.15) is 5.54 Å². The number of carbonyl (C=O) groups excluding carboxylic acids is 3. The molecule has 4 amide bonds. The van der Waals surface area contributed by atoms with Crippen LogP contribution < -0.4 is 10.7 Å². The summed E-state index contributed by atoms with van der Waals surface area (Å²) >= 11 is 1.63. The van der Waals surface area contributed by atoms with Gasteiger partial charge in [0, 0.05) is 24.6 Å². The Morgan fingerprint density at radius 2 is 2.33 bits per heavy atom. The highest BCUT2D eigenvalue weighted by atomic mass is 32.1. The molecule has 8 nitrogen and oxygen atoms in total. The number of ether oxygens (including phenoxy) is 1. The maximum atomic E-state index is 12.5. The molecule has 3 heterocycles. The maximum absolute atomic E-state index is 12.5. The molecule has 148 valence electrons. The Morgan fingerprint density at radius 3 is 2.93 bits per heavy atom. The molecule has 2 saturated heterocycles. The second-order valence-corrected chi connectivity index (χ2v) is 8.21. The predicted molar refractivity (Wildman–Crippen MR) is 101 cm³/mol. The zero-order valence-electron chi connectivity index (χ0n) is 15.7. The van der Waals surface area contributed by atoms with E-state index in [1.165, 1.54) is 0 Å². The van der Waals surface area contributed by atoms with Crippen LogP contribution in [0.4, 0.5) is 4.79 Å². The molecule has 0 spiro atoms. The molecule has 2 atom stereocenters. The second kappa shape index (κ2) is 8.37. The van der Waals surface area contributed by atoms with Crippen LogP contribution in [0, 0.1) is 0 Å². The first-order valence-corrected chi connectivity index (χ1v) is 10.1. The smallest absolute Gasteiger partial charge is 0.344 e. The lowest BCUT2D eigenvalue weighted by Crippen LogP contribution is -2.51. The molecule has 2 fully saturated rings. The van der Waals surface area contributed by atoms with Crippen molar-refractivity contribution in [2.24, 2.45) is 0 Å². The van der Waals surface area contributed by atoms with Crippen molar-refractivity contribution in [3.63, 3.8) is 0 Å². The van der Waals surface area contributed by atoms with Crippen molar-refractivity contribution in [2.45, 2.75) is 51.3 Å². The van der Waals surface area contributed by atoms with Crippen molar-refractivity contribution in [1.29, 1.82) is 0 Å². The molecule has 1 aromatic rings. The Labute approximate surface area is 162 Å².